The summed E-state index contributed by atoms with van der Waals surface area (Å²) in [6.45, 7) is 2.22. The Bertz CT molecular complexity index is 1190. The molecule has 4 rings (SSSR count). The maximum atomic E-state index is 12.3. The second-order valence-corrected chi connectivity index (χ2v) is 6.20. The van der Waals surface area contributed by atoms with Gasteiger partial charge < -0.3 is 9.15 Å². The number of rotatable bonds is 6. The molecule has 0 N–H and O–H groups in total. The van der Waals surface area contributed by atoms with E-state index < -0.39 is 10.9 Å². The third-order valence-corrected chi connectivity index (χ3v) is 4.35. The van der Waals surface area contributed by atoms with E-state index in [9.17, 15) is 14.9 Å². The van der Waals surface area contributed by atoms with Crippen molar-refractivity contribution in [2.24, 2.45) is 0 Å². The Hall–Kier alpha value is -4.01. The van der Waals surface area contributed by atoms with Gasteiger partial charge in [-0.25, -0.2) is 14.5 Å². The molecule has 0 amide bonds. The standard InChI is InChI=1S/C20H16N4O5/c1-2-28-20(25)18-16(15-5-3-4-6-17(15)29-18)11-23-12-21-19(22-23)13-7-9-14(10-8-13)24(26)27/h3-10,12H,2,11H2,1H3. The number of ether oxygens (including phenoxy) is 1. The predicted molar refractivity (Wildman–Crippen MR) is 103 cm³/mol. The molecular formula is C20H16N4O5. The van der Waals surface area contributed by atoms with E-state index in [-0.39, 0.29) is 24.6 Å². The quantitative estimate of drug-likeness (QED) is 0.278. The molecule has 0 aliphatic heterocycles. The van der Waals surface area contributed by atoms with Crippen molar-refractivity contribution >= 4 is 22.6 Å². The van der Waals surface area contributed by atoms with Crippen molar-refractivity contribution in [1.29, 1.82) is 0 Å². The van der Waals surface area contributed by atoms with Gasteiger partial charge in [0, 0.05) is 28.6 Å². The van der Waals surface area contributed by atoms with Crippen molar-refractivity contribution in [2.75, 3.05) is 6.61 Å². The highest BCUT2D eigenvalue weighted by Crippen LogP contribution is 2.27. The van der Waals surface area contributed by atoms with Gasteiger partial charge in [-0.1, -0.05) is 18.2 Å². The Kier molecular flexibility index (Phi) is 4.78. The van der Waals surface area contributed by atoms with E-state index in [0.29, 0.717) is 22.5 Å². The van der Waals surface area contributed by atoms with Crippen molar-refractivity contribution in [3.63, 3.8) is 0 Å². The number of aromatic nitrogens is 3. The Morgan fingerprint density at radius 1 is 1.21 bits per heavy atom. The first-order chi connectivity index (χ1) is 14.1. The number of carbonyl (C=O) groups is 1. The van der Waals surface area contributed by atoms with E-state index in [0.717, 1.165) is 5.39 Å². The third-order valence-electron chi connectivity index (χ3n) is 4.35. The fourth-order valence-electron chi connectivity index (χ4n) is 3.01. The van der Waals surface area contributed by atoms with E-state index in [1.165, 1.54) is 18.5 Å². The van der Waals surface area contributed by atoms with Crippen LogP contribution in [-0.4, -0.2) is 32.3 Å². The second kappa shape index (κ2) is 7.55. The average molecular weight is 392 g/mol. The molecule has 4 aromatic rings. The van der Waals surface area contributed by atoms with Gasteiger partial charge in [0.05, 0.1) is 18.1 Å². The molecule has 0 fully saturated rings. The first kappa shape index (κ1) is 18.4. The Morgan fingerprint density at radius 3 is 2.69 bits per heavy atom. The van der Waals surface area contributed by atoms with Gasteiger partial charge in [0.2, 0.25) is 5.76 Å². The van der Waals surface area contributed by atoms with Crippen LogP contribution in [0, 0.1) is 10.1 Å². The highest BCUT2D eigenvalue weighted by Gasteiger charge is 2.22. The molecule has 2 heterocycles. The number of benzene rings is 2. The minimum absolute atomic E-state index is 0.00266. The van der Waals surface area contributed by atoms with Crippen LogP contribution in [0.5, 0.6) is 0 Å². The van der Waals surface area contributed by atoms with Gasteiger partial charge in [-0.2, -0.15) is 5.10 Å². The summed E-state index contributed by atoms with van der Waals surface area (Å²) >= 11 is 0. The van der Waals surface area contributed by atoms with Crippen molar-refractivity contribution in [2.45, 2.75) is 13.5 Å². The van der Waals surface area contributed by atoms with Gasteiger partial charge in [-0.15, -0.1) is 0 Å². The maximum absolute atomic E-state index is 12.3. The van der Waals surface area contributed by atoms with E-state index in [1.54, 1.807) is 29.8 Å². The highest BCUT2D eigenvalue weighted by molar-refractivity contribution is 5.96. The number of nitro benzene ring substituents is 1. The molecule has 0 aliphatic rings. The summed E-state index contributed by atoms with van der Waals surface area (Å²) in [6, 6.07) is 13.3. The van der Waals surface area contributed by atoms with Crippen LogP contribution in [0.1, 0.15) is 23.0 Å². The highest BCUT2D eigenvalue weighted by atomic mass is 16.6. The van der Waals surface area contributed by atoms with Gasteiger partial charge in [0.1, 0.15) is 11.9 Å². The molecule has 0 radical (unpaired) electrons. The summed E-state index contributed by atoms with van der Waals surface area (Å²) in [6.07, 6.45) is 1.54. The zero-order chi connectivity index (χ0) is 20.4. The molecule has 9 nitrogen and oxygen atoms in total. The second-order valence-electron chi connectivity index (χ2n) is 6.20. The minimum Gasteiger partial charge on any atom is -0.460 e. The number of carbonyl (C=O) groups excluding carboxylic acids is 1. The van der Waals surface area contributed by atoms with Crippen LogP contribution in [0.25, 0.3) is 22.4 Å². The van der Waals surface area contributed by atoms with Gasteiger partial charge in [-0.05, 0) is 25.1 Å². The molecule has 0 aliphatic carbocycles. The zero-order valence-corrected chi connectivity index (χ0v) is 15.4. The summed E-state index contributed by atoms with van der Waals surface area (Å²) in [5, 5.41) is 16.0. The number of hydrogen-bond donors (Lipinski definition) is 0. The monoisotopic (exact) mass is 392 g/mol. The number of nitro groups is 1. The summed E-state index contributed by atoms with van der Waals surface area (Å²) in [4.78, 5) is 26.9. The first-order valence-corrected chi connectivity index (χ1v) is 8.88. The van der Waals surface area contributed by atoms with Crippen LogP contribution in [0.4, 0.5) is 5.69 Å². The predicted octanol–water partition coefficient (Wildman–Crippen LogP) is 3.82. The number of fused-ring (bicyclic) bond motifs is 1. The molecule has 0 spiro atoms. The molecule has 2 aromatic carbocycles. The first-order valence-electron chi connectivity index (χ1n) is 8.88. The summed E-state index contributed by atoms with van der Waals surface area (Å²) in [5.41, 5.74) is 1.88. The SMILES string of the molecule is CCOC(=O)c1oc2ccccc2c1Cn1cnc(-c2ccc([N+](=O)[O-])cc2)n1. The lowest BCUT2D eigenvalue weighted by Gasteiger charge is -2.03. The molecule has 0 saturated carbocycles. The zero-order valence-electron chi connectivity index (χ0n) is 15.4. The van der Waals surface area contributed by atoms with Crippen molar-refractivity contribution in [1.82, 2.24) is 14.8 Å². The van der Waals surface area contributed by atoms with Crippen LogP contribution in [-0.2, 0) is 11.3 Å². The Labute approximate surface area is 164 Å². The average Bonchev–Trinajstić information content (AvgIpc) is 3.34. The third kappa shape index (κ3) is 3.57. The molecule has 2 aromatic heterocycles. The van der Waals surface area contributed by atoms with Crippen LogP contribution in [0.2, 0.25) is 0 Å². The molecular weight excluding hydrogens is 376 g/mol. The summed E-state index contributed by atoms with van der Waals surface area (Å²) in [7, 11) is 0. The fourth-order valence-corrected chi connectivity index (χ4v) is 3.01. The van der Waals surface area contributed by atoms with Crippen molar-refractivity contribution in [3.8, 4) is 11.4 Å². The number of non-ortho nitro benzene ring substituents is 1. The summed E-state index contributed by atoms with van der Waals surface area (Å²) < 4.78 is 12.4. The van der Waals surface area contributed by atoms with Gasteiger partial charge in [0.25, 0.3) is 5.69 Å². The van der Waals surface area contributed by atoms with Gasteiger partial charge in [0.15, 0.2) is 5.82 Å². The number of esters is 1. The van der Waals surface area contributed by atoms with E-state index >= 15 is 0 Å². The molecule has 0 atom stereocenters. The number of furan rings is 1. The largest absolute Gasteiger partial charge is 0.460 e. The van der Waals surface area contributed by atoms with E-state index in [1.807, 2.05) is 18.2 Å². The lowest BCUT2D eigenvalue weighted by Crippen LogP contribution is -2.09. The number of hydrogen-bond acceptors (Lipinski definition) is 7. The lowest BCUT2D eigenvalue weighted by atomic mass is 10.1. The number of para-hydroxylation sites is 1. The maximum Gasteiger partial charge on any atom is 0.374 e. The number of nitrogens with zero attached hydrogens (tertiary/aromatic N) is 4. The molecule has 9 heteroatoms. The molecule has 0 saturated heterocycles. The van der Waals surface area contributed by atoms with Crippen molar-refractivity contribution in [3.05, 3.63) is 76.3 Å². The Balaban J connectivity index is 1.66. The van der Waals surface area contributed by atoms with Crippen LogP contribution in [0.3, 0.4) is 0 Å². The molecule has 0 bridgehead atoms. The Morgan fingerprint density at radius 2 is 1.97 bits per heavy atom. The smallest absolute Gasteiger partial charge is 0.374 e. The van der Waals surface area contributed by atoms with Crippen LogP contribution < -0.4 is 0 Å². The topological polar surface area (TPSA) is 113 Å². The van der Waals surface area contributed by atoms with E-state index in [4.69, 9.17) is 9.15 Å². The molecule has 0 unspecified atom stereocenters. The van der Waals surface area contributed by atoms with Crippen LogP contribution in [0.15, 0.2) is 59.3 Å². The molecule has 146 valence electrons. The van der Waals surface area contributed by atoms with E-state index in [2.05, 4.69) is 10.1 Å². The molecule has 29 heavy (non-hydrogen) atoms. The van der Waals surface area contributed by atoms with Gasteiger partial charge in [-0.3, -0.25) is 10.1 Å². The van der Waals surface area contributed by atoms with Gasteiger partial charge >= 0.3 is 5.97 Å². The fraction of sp³-hybridized carbons (Fsp3) is 0.150. The normalized spacial score (nSPS) is 10.9. The lowest BCUT2D eigenvalue weighted by molar-refractivity contribution is -0.384. The van der Waals surface area contributed by atoms with Crippen molar-refractivity contribution < 1.29 is 18.9 Å². The summed E-state index contributed by atoms with van der Waals surface area (Å²) in [5.74, 6) is 0.0280. The van der Waals surface area contributed by atoms with Crippen LogP contribution >= 0.6 is 0 Å². The minimum atomic E-state index is -0.533.